The van der Waals surface area contributed by atoms with E-state index in [1.165, 1.54) is 9.75 Å². The molecule has 0 unspecified atom stereocenters. The average Bonchev–Trinajstić information content (AvgIpc) is 3.23. The van der Waals surface area contributed by atoms with Gasteiger partial charge in [-0.25, -0.2) is 0 Å². The molecule has 0 radical (unpaired) electrons. The van der Waals surface area contributed by atoms with Crippen molar-refractivity contribution in [1.82, 2.24) is 20.8 Å². The van der Waals surface area contributed by atoms with Crippen LogP contribution in [-0.2, 0) is 19.4 Å². The quantitative estimate of drug-likeness (QED) is 0.262. The van der Waals surface area contributed by atoms with Crippen molar-refractivity contribution in [3.05, 3.63) is 33.6 Å². The van der Waals surface area contributed by atoms with E-state index in [-0.39, 0.29) is 24.0 Å². The minimum atomic E-state index is 0. The number of hydrogen-bond donors (Lipinski definition) is 2. The molecule has 0 saturated carbocycles. The number of aliphatic imine (C=N–C) groups is 1. The van der Waals surface area contributed by atoms with Gasteiger partial charge in [-0.3, -0.25) is 4.99 Å². The SMILES string of the molecule is CCc1ccc(CNC(=NC)NCCCc2nc(C(C)C)no2)s1.I. The second kappa shape index (κ2) is 11.5. The van der Waals surface area contributed by atoms with E-state index in [1.807, 2.05) is 11.3 Å². The molecule has 2 N–H and O–H groups in total. The highest BCUT2D eigenvalue weighted by Gasteiger charge is 2.09. The molecule has 140 valence electrons. The van der Waals surface area contributed by atoms with Crippen molar-refractivity contribution in [3.63, 3.8) is 0 Å². The molecule has 0 amide bonds. The van der Waals surface area contributed by atoms with Gasteiger partial charge in [-0.1, -0.05) is 25.9 Å². The van der Waals surface area contributed by atoms with Crippen molar-refractivity contribution in [2.75, 3.05) is 13.6 Å². The normalized spacial score (nSPS) is 11.5. The van der Waals surface area contributed by atoms with Gasteiger partial charge in [0.15, 0.2) is 11.8 Å². The fourth-order valence-corrected chi connectivity index (χ4v) is 3.05. The second-order valence-corrected chi connectivity index (χ2v) is 7.13. The van der Waals surface area contributed by atoms with Gasteiger partial charge < -0.3 is 15.2 Å². The molecule has 0 fully saturated rings. The van der Waals surface area contributed by atoms with Crippen LogP contribution in [0.2, 0.25) is 0 Å². The summed E-state index contributed by atoms with van der Waals surface area (Å²) in [6.07, 6.45) is 2.78. The summed E-state index contributed by atoms with van der Waals surface area (Å²) in [5.74, 6) is 2.59. The zero-order valence-corrected chi connectivity index (χ0v) is 18.5. The van der Waals surface area contributed by atoms with Crippen molar-refractivity contribution >= 4 is 41.3 Å². The summed E-state index contributed by atoms with van der Waals surface area (Å²) in [7, 11) is 1.79. The van der Waals surface area contributed by atoms with E-state index in [1.54, 1.807) is 7.05 Å². The molecule has 0 spiro atoms. The topological polar surface area (TPSA) is 75.3 Å². The third-order valence-electron chi connectivity index (χ3n) is 3.58. The number of nitrogens with one attached hydrogen (secondary N) is 2. The van der Waals surface area contributed by atoms with Crippen LogP contribution >= 0.6 is 35.3 Å². The number of nitrogens with zero attached hydrogens (tertiary/aromatic N) is 3. The molecule has 2 aromatic rings. The molecule has 0 aliphatic heterocycles. The Kier molecular flexibility index (Phi) is 10.0. The Labute approximate surface area is 170 Å². The first-order valence-corrected chi connectivity index (χ1v) is 9.28. The molecule has 2 heterocycles. The zero-order chi connectivity index (χ0) is 17.4. The van der Waals surface area contributed by atoms with Crippen LogP contribution in [0.25, 0.3) is 0 Å². The van der Waals surface area contributed by atoms with E-state index in [0.29, 0.717) is 11.8 Å². The number of hydrogen-bond acceptors (Lipinski definition) is 5. The molecule has 0 aliphatic carbocycles. The molecule has 0 aromatic carbocycles. The Balaban J connectivity index is 0.00000312. The van der Waals surface area contributed by atoms with Crippen LogP contribution in [0.4, 0.5) is 0 Å². The van der Waals surface area contributed by atoms with Gasteiger partial charge in [-0.2, -0.15) is 4.98 Å². The van der Waals surface area contributed by atoms with Crippen molar-refractivity contribution in [2.45, 2.75) is 52.5 Å². The minimum Gasteiger partial charge on any atom is -0.356 e. The predicted octanol–water partition coefficient (Wildman–Crippen LogP) is 3.73. The Morgan fingerprint density at radius 1 is 1.28 bits per heavy atom. The molecule has 2 rings (SSSR count). The summed E-state index contributed by atoms with van der Waals surface area (Å²) in [5, 5.41) is 10.6. The van der Waals surface area contributed by atoms with Crippen LogP contribution in [0.3, 0.4) is 0 Å². The lowest BCUT2D eigenvalue weighted by Gasteiger charge is -2.10. The van der Waals surface area contributed by atoms with E-state index in [2.05, 4.69) is 58.7 Å². The van der Waals surface area contributed by atoms with Crippen LogP contribution in [0.5, 0.6) is 0 Å². The molecule has 0 saturated heterocycles. The third-order valence-corrected chi connectivity index (χ3v) is 4.81. The summed E-state index contributed by atoms with van der Waals surface area (Å²) in [5.41, 5.74) is 0. The molecule has 25 heavy (non-hydrogen) atoms. The highest BCUT2D eigenvalue weighted by Crippen LogP contribution is 2.16. The van der Waals surface area contributed by atoms with Gasteiger partial charge in [0.25, 0.3) is 0 Å². The Bertz CT molecular complexity index is 653. The van der Waals surface area contributed by atoms with Crippen LogP contribution < -0.4 is 10.6 Å². The van der Waals surface area contributed by atoms with Crippen molar-refractivity contribution in [2.24, 2.45) is 4.99 Å². The molecular weight excluding hydrogens is 449 g/mol. The molecule has 0 bridgehead atoms. The van der Waals surface area contributed by atoms with E-state index in [0.717, 1.165) is 44.1 Å². The lowest BCUT2D eigenvalue weighted by Crippen LogP contribution is -2.37. The molecule has 8 heteroatoms. The van der Waals surface area contributed by atoms with Crippen molar-refractivity contribution in [1.29, 1.82) is 0 Å². The van der Waals surface area contributed by atoms with Gasteiger partial charge in [0.05, 0.1) is 6.54 Å². The smallest absolute Gasteiger partial charge is 0.226 e. The minimum absolute atomic E-state index is 0. The lowest BCUT2D eigenvalue weighted by molar-refractivity contribution is 0.368. The summed E-state index contributed by atoms with van der Waals surface area (Å²) >= 11 is 1.84. The van der Waals surface area contributed by atoms with Gasteiger partial charge in [-0.05, 0) is 25.0 Å². The van der Waals surface area contributed by atoms with Gasteiger partial charge in [0.2, 0.25) is 5.89 Å². The number of aromatic nitrogens is 2. The fraction of sp³-hybridized carbons (Fsp3) is 0.588. The Morgan fingerprint density at radius 2 is 2.04 bits per heavy atom. The summed E-state index contributed by atoms with van der Waals surface area (Å²) < 4.78 is 5.24. The second-order valence-electron chi connectivity index (χ2n) is 5.88. The molecule has 2 aromatic heterocycles. The molecule has 6 nitrogen and oxygen atoms in total. The zero-order valence-electron chi connectivity index (χ0n) is 15.3. The Morgan fingerprint density at radius 3 is 2.64 bits per heavy atom. The van der Waals surface area contributed by atoms with Crippen LogP contribution in [0.1, 0.15) is 54.6 Å². The van der Waals surface area contributed by atoms with Crippen LogP contribution in [0, 0.1) is 0 Å². The van der Waals surface area contributed by atoms with Crippen LogP contribution in [-0.4, -0.2) is 29.7 Å². The van der Waals surface area contributed by atoms with Gasteiger partial charge in [0, 0.05) is 35.7 Å². The lowest BCUT2D eigenvalue weighted by atomic mass is 10.2. The average molecular weight is 477 g/mol. The summed E-state index contributed by atoms with van der Waals surface area (Å²) in [4.78, 5) is 11.4. The summed E-state index contributed by atoms with van der Waals surface area (Å²) in [6, 6.07) is 4.36. The number of thiophene rings is 1. The van der Waals surface area contributed by atoms with E-state index >= 15 is 0 Å². The standard InChI is InChI=1S/C17H27N5OS.HI/c1-5-13-8-9-14(24-13)11-20-17(18-4)19-10-6-7-15-21-16(12(2)3)22-23-15;/h8-9,12H,5-7,10-11H2,1-4H3,(H2,18,19,20);1H. The third kappa shape index (κ3) is 7.31. The molecule has 0 atom stereocenters. The first-order chi connectivity index (χ1) is 11.6. The number of aryl methyl sites for hydroxylation is 2. The predicted molar refractivity (Wildman–Crippen MR) is 114 cm³/mol. The monoisotopic (exact) mass is 477 g/mol. The fourth-order valence-electron chi connectivity index (χ4n) is 2.15. The largest absolute Gasteiger partial charge is 0.356 e. The van der Waals surface area contributed by atoms with Gasteiger partial charge >= 0.3 is 0 Å². The number of rotatable bonds is 8. The highest BCUT2D eigenvalue weighted by molar-refractivity contribution is 14.0. The number of guanidine groups is 1. The first-order valence-electron chi connectivity index (χ1n) is 8.47. The molecular formula is C17H28IN5OS. The maximum absolute atomic E-state index is 5.24. The maximum atomic E-state index is 5.24. The molecule has 0 aliphatic rings. The Hall–Kier alpha value is -1.16. The van der Waals surface area contributed by atoms with E-state index in [9.17, 15) is 0 Å². The maximum Gasteiger partial charge on any atom is 0.226 e. The first kappa shape index (κ1) is 21.9. The van der Waals surface area contributed by atoms with E-state index < -0.39 is 0 Å². The van der Waals surface area contributed by atoms with Crippen LogP contribution in [0.15, 0.2) is 21.6 Å². The van der Waals surface area contributed by atoms with Gasteiger partial charge in [-0.15, -0.1) is 35.3 Å². The van der Waals surface area contributed by atoms with Crippen molar-refractivity contribution in [3.8, 4) is 0 Å². The highest BCUT2D eigenvalue weighted by atomic mass is 127. The summed E-state index contributed by atoms with van der Waals surface area (Å²) in [6.45, 7) is 7.90. The van der Waals surface area contributed by atoms with Gasteiger partial charge in [0.1, 0.15) is 0 Å². The number of halogens is 1. The van der Waals surface area contributed by atoms with Crippen molar-refractivity contribution < 1.29 is 4.52 Å². The van der Waals surface area contributed by atoms with E-state index in [4.69, 9.17) is 4.52 Å².